The molecule has 6 heteroatoms. The first kappa shape index (κ1) is 15.8. The predicted octanol–water partition coefficient (Wildman–Crippen LogP) is 0.488. The lowest BCUT2D eigenvalue weighted by molar-refractivity contribution is -0.132. The Kier molecular flexibility index (Phi) is 4.69. The Labute approximate surface area is 138 Å². The highest BCUT2D eigenvalue weighted by Crippen LogP contribution is 2.36. The number of carbonyl (C=O) groups excluding carboxylic acids is 1. The van der Waals surface area contributed by atoms with Gasteiger partial charge in [0.2, 0.25) is 5.91 Å². The maximum atomic E-state index is 11.3. The lowest BCUT2D eigenvalue weighted by Crippen LogP contribution is -2.56. The molecule has 0 radical (unpaired) electrons. The summed E-state index contributed by atoms with van der Waals surface area (Å²) >= 11 is 3.30. The molecule has 118 valence electrons. The van der Waals surface area contributed by atoms with Crippen molar-refractivity contribution in [2.24, 2.45) is 5.92 Å². The van der Waals surface area contributed by atoms with Crippen LogP contribution in [0.15, 0.2) is 23.3 Å². The number of nitrogens with one attached hydrogen (secondary N) is 1. The van der Waals surface area contributed by atoms with Crippen LogP contribution in [0.1, 0.15) is 19.3 Å². The van der Waals surface area contributed by atoms with E-state index in [9.17, 15) is 15.0 Å². The zero-order valence-electron chi connectivity index (χ0n) is 12.1. The minimum atomic E-state index is -0.929. The summed E-state index contributed by atoms with van der Waals surface area (Å²) in [7, 11) is 0. The van der Waals surface area contributed by atoms with Crippen LogP contribution in [-0.4, -0.2) is 51.4 Å². The average Bonchev–Trinajstić information content (AvgIpc) is 2.82. The van der Waals surface area contributed by atoms with Gasteiger partial charge in [-0.25, -0.2) is 0 Å². The predicted molar refractivity (Wildman–Crippen MR) is 85.7 cm³/mol. The van der Waals surface area contributed by atoms with E-state index >= 15 is 0 Å². The quantitative estimate of drug-likeness (QED) is 0.466. The molecule has 0 spiro atoms. The molecule has 1 aliphatic carbocycles. The number of likely N-dealkylation sites (tertiary alicyclic amines) is 1. The molecule has 4 unspecified atom stereocenters. The second kappa shape index (κ2) is 6.55. The zero-order chi connectivity index (χ0) is 15.7. The van der Waals surface area contributed by atoms with Crippen LogP contribution in [0.25, 0.3) is 0 Å². The molecular formula is C16H19BrN2O3. The van der Waals surface area contributed by atoms with Gasteiger partial charge in [0, 0.05) is 18.9 Å². The monoisotopic (exact) mass is 366 g/mol. The topological polar surface area (TPSA) is 72.8 Å². The molecule has 0 saturated carbocycles. The van der Waals surface area contributed by atoms with Crippen LogP contribution in [0.4, 0.5) is 0 Å². The van der Waals surface area contributed by atoms with Crippen molar-refractivity contribution in [3.05, 3.63) is 23.3 Å². The minimum Gasteiger partial charge on any atom is -0.374 e. The molecule has 0 aromatic heterocycles. The summed E-state index contributed by atoms with van der Waals surface area (Å²) in [6, 6.07) is -0.257. The lowest BCUT2D eigenvalue weighted by Gasteiger charge is -2.36. The number of piperidine rings is 1. The van der Waals surface area contributed by atoms with Crippen LogP contribution in [0.2, 0.25) is 0 Å². The summed E-state index contributed by atoms with van der Waals surface area (Å²) in [4.78, 5) is 13.2. The molecule has 4 atom stereocenters. The molecule has 2 saturated heterocycles. The van der Waals surface area contributed by atoms with Crippen LogP contribution in [0, 0.1) is 17.8 Å². The van der Waals surface area contributed by atoms with E-state index in [1.807, 2.05) is 11.0 Å². The summed E-state index contributed by atoms with van der Waals surface area (Å²) in [6.07, 6.45) is 4.24. The van der Waals surface area contributed by atoms with Gasteiger partial charge >= 0.3 is 0 Å². The van der Waals surface area contributed by atoms with Gasteiger partial charge in [0.05, 0.1) is 11.4 Å². The number of nitrogens with zero attached hydrogens (tertiary/aromatic N) is 1. The van der Waals surface area contributed by atoms with E-state index in [1.54, 1.807) is 0 Å². The minimum absolute atomic E-state index is 0.140. The highest BCUT2D eigenvalue weighted by molar-refractivity contribution is 9.09. The number of fused-ring (bicyclic) bond motifs is 1. The van der Waals surface area contributed by atoms with E-state index in [4.69, 9.17) is 0 Å². The molecule has 2 heterocycles. The van der Waals surface area contributed by atoms with Crippen molar-refractivity contribution in [3.8, 4) is 11.8 Å². The van der Waals surface area contributed by atoms with E-state index in [2.05, 4.69) is 39.2 Å². The molecule has 1 amide bonds. The molecule has 22 heavy (non-hydrogen) atoms. The maximum absolute atomic E-state index is 11.3. The van der Waals surface area contributed by atoms with E-state index in [1.165, 1.54) is 0 Å². The molecule has 0 bridgehead atoms. The fourth-order valence-corrected chi connectivity index (χ4v) is 3.52. The summed E-state index contributed by atoms with van der Waals surface area (Å²) < 4.78 is 0. The van der Waals surface area contributed by atoms with Crippen LogP contribution >= 0.6 is 15.9 Å². The number of halogens is 1. The number of allylic oxidation sites excluding steroid dienone is 2. The van der Waals surface area contributed by atoms with Crippen molar-refractivity contribution < 1.29 is 15.0 Å². The van der Waals surface area contributed by atoms with Crippen molar-refractivity contribution in [2.75, 3.05) is 11.9 Å². The van der Waals surface area contributed by atoms with E-state index in [-0.39, 0.29) is 17.9 Å². The van der Waals surface area contributed by atoms with E-state index in [0.717, 1.165) is 17.6 Å². The van der Waals surface area contributed by atoms with Gasteiger partial charge in [-0.05, 0) is 24.0 Å². The number of carbonyl (C=O) groups is 1. The number of hydrogen-bond donors (Lipinski definition) is 3. The van der Waals surface area contributed by atoms with Gasteiger partial charge in [0.15, 0.2) is 0 Å². The molecule has 3 aliphatic rings. The van der Waals surface area contributed by atoms with Crippen molar-refractivity contribution in [1.82, 2.24) is 10.2 Å². The molecule has 2 aliphatic heterocycles. The van der Waals surface area contributed by atoms with Gasteiger partial charge in [-0.3, -0.25) is 9.69 Å². The summed E-state index contributed by atoms with van der Waals surface area (Å²) in [5.41, 5.74) is 2.00. The smallest absolute Gasteiger partial charge is 0.222 e. The van der Waals surface area contributed by atoms with E-state index in [0.29, 0.717) is 24.7 Å². The van der Waals surface area contributed by atoms with Crippen molar-refractivity contribution in [1.29, 1.82) is 0 Å². The number of aliphatic hydroxyl groups excluding tert-OH is 2. The lowest BCUT2D eigenvalue weighted by atomic mass is 9.92. The standard InChI is InChI=1S/C16H19BrN2O3/c17-7-1-2-10-3-4-12-11(8-10)9-19(16(12)22)13-5-6-14(20)18-15(13)21/h4,8,10,13,15-16,21-22H,3,5-7,9H2,(H,18,20). The number of rotatable bonds is 1. The Bertz CT molecular complexity index is 590. The molecule has 5 nitrogen and oxygen atoms in total. The Morgan fingerprint density at radius 1 is 1.45 bits per heavy atom. The fraction of sp³-hybridized carbons (Fsp3) is 0.562. The highest BCUT2D eigenvalue weighted by Gasteiger charge is 2.41. The third-order valence-corrected chi connectivity index (χ3v) is 4.71. The Morgan fingerprint density at radius 2 is 2.27 bits per heavy atom. The highest BCUT2D eigenvalue weighted by atomic mass is 79.9. The van der Waals surface area contributed by atoms with Crippen molar-refractivity contribution in [2.45, 2.75) is 37.8 Å². The van der Waals surface area contributed by atoms with Gasteiger partial charge in [0.25, 0.3) is 0 Å². The van der Waals surface area contributed by atoms with Gasteiger partial charge < -0.3 is 15.5 Å². The normalized spacial score (nSPS) is 35.0. The molecule has 2 fully saturated rings. The molecule has 3 N–H and O–H groups in total. The molecule has 3 rings (SSSR count). The van der Waals surface area contributed by atoms with Gasteiger partial charge in [-0.2, -0.15) is 0 Å². The Morgan fingerprint density at radius 3 is 3.00 bits per heavy atom. The number of hydrogen-bond acceptors (Lipinski definition) is 4. The first-order chi connectivity index (χ1) is 10.6. The van der Waals surface area contributed by atoms with Crippen LogP contribution < -0.4 is 5.32 Å². The summed E-state index contributed by atoms with van der Waals surface area (Å²) in [6.45, 7) is 0.580. The number of amides is 1. The third kappa shape index (κ3) is 2.99. The summed E-state index contributed by atoms with van der Waals surface area (Å²) in [5.74, 6) is 6.25. The van der Waals surface area contributed by atoms with Crippen molar-refractivity contribution >= 4 is 21.8 Å². The molecular weight excluding hydrogens is 348 g/mol. The van der Waals surface area contributed by atoms with Gasteiger partial charge in [0.1, 0.15) is 12.5 Å². The Balaban J connectivity index is 1.76. The fourth-order valence-electron chi connectivity index (χ4n) is 3.36. The first-order valence-electron chi connectivity index (χ1n) is 7.47. The largest absolute Gasteiger partial charge is 0.374 e. The number of alkyl halides is 1. The van der Waals surface area contributed by atoms with Crippen molar-refractivity contribution in [3.63, 3.8) is 0 Å². The Hall–Kier alpha value is -1.13. The van der Waals surface area contributed by atoms with Crippen LogP contribution in [0.3, 0.4) is 0 Å². The first-order valence-corrected chi connectivity index (χ1v) is 8.59. The average molecular weight is 367 g/mol. The van der Waals surface area contributed by atoms with E-state index < -0.39 is 12.5 Å². The molecule has 0 aromatic rings. The summed E-state index contributed by atoms with van der Waals surface area (Å²) in [5, 5.41) is 23.8. The second-order valence-corrected chi connectivity index (χ2v) is 6.37. The molecule has 0 aromatic carbocycles. The maximum Gasteiger partial charge on any atom is 0.222 e. The van der Waals surface area contributed by atoms with Gasteiger partial charge in [-0.1, -0.05) is 39.9 Å². The SMILES string of the molecule is O=C1CCC(N2CC3=CC(C#CCBr)CC=C3C2O)C(O)N1. The second-order valence-electron chi connectivity index (χ2n) is 5.81. The third-order valence-electron chi connectivity index (χ3n) is 4.43. The van der Waals surface area contributed by atoms with Crippen LogP contribution in [-0.2, 0) is 4.79 Å². The van der Waals surface area contributed by atoms with Gasteiger partial charge in [-0.15, -0.1) is 0 Å². The number of aliphatic hydroxyl groups is 2. The zero-order valence-corrected chi connectivity index (χ0v) is 13.7. The van der Waals surface area contributed by atoms with Crippen LogP contribution in [0.5, 0.6) is 0 Å².